The second-order valence-corrected chi connectivity index (χ2v) is 6.15. The van der Waals surface area contributed by atoms with Crippen molar-refractivity contribution in [3.05, 3.63) is 18.5 Å². The zero-order valence-corrected chi connectivity index (χ0v) is 10.9. The molecule has 1 heterocycles. The highest BCUT2D eigenvalue weighted by molar-refractivity contribution is 7.89. The fourth-order valence-electron chi connectivity index (χ4n) is 2.22. The highest BCUT2D eigenvalue weighted by Crippen LogP contribution is 2.22. The Morgan fingerprint density at radius 1 is 1.28 bits per heavy atom. The number of sulfonamides is 1. The minimum Gasteiger partial charge on any atom is -0.323 e. The van der Waals surface area contributed by atoms with E-state index in [1.54, 1.807) is 0 Å². The zero-order valence-electron chi connectivity index (χ0n) is 10.1. The highest BCUT2D eigenvalue weighted by atomic mass is 32.2. The van der Waals surface area contributed by atoms with Crippen LogP contribution in [0.5, 0.6) is 0 Å². The minimum atomic E-state index is -3.56. The van der Waals surface area contributed by atoms with Gasteiger partial charge in [0.2, 0.25) is 10.0 Å². The van der Waals surface area contributed by atoms with E-state index in [0.29, 0.717) is 5.69 Å². The fourth-order valence-corrected chi connectivity index (χ4v) is 3.63. The van der Waals surface area contributed by atoms with Crippen molar-refractivity contribution in [2.24, 2.45) is 5.84 Å². The molecule has 4 N–H and O–H groups in total. The van der Waals surface area contributed by atoms with Crippen LogP contribution in [0.4, 0.5) is 5.69 Å². The summed E-state index contributed by atoms with van der Waals surface area (Å²) >= 11 is 0. The number of nitrogens with one attached hydrogen (secondary N) is 2. The summed E-state index contributed by atoms with van der Waals surface area (Å²) in [5.41, 5.74) is 2.73. The number of aromatic nitrogens is 1. The van der Waals surface area contributed by atoms with Gasteiger partial charge in [-0.1, -0.05) is 19.3 Å². The quantitative estimate of drug-likeness (QED) is 0.559. The summed E-state index contributed by atoms with van der Waals surface area (Å²) in [6.07, 6.45) is 7.91. The zero-order chi connectivity index (χ0) is 13.0. The molecule has 1 fully saturated rings. The summed E-state index contributed by atoms with van der Waals surface area (Å²) in [5.74, 6) is 5.31. The van der Waals surface area contributed by atoms with Crippen molar-refractivity contribution >= 4 is 15.7 Å². The average Bonchev–Trinajstić information content (AvgIpc) is 2.39. The number of pyridine rings is 1. The standard InChI is InChI=1S/C11H18N4O2S/c12-14-10-6-7-13-8-11(10)18(16,17)15-9-4-2-1-3-5-9/h6-9,15H,1-5,12H2,(H,13,14). The van der Waals surface area contributed by atoms with E-state index in [1.807, 2.05) is 0 Å². The SMILES string of the molecule is NNc1ccncc1S(=O)(=O)NC1CCCCC1. The van der Waals surface area contributed by atoms with E-state index in [9.17, 15) is 8.42 Å². The molecule has 0 aromatic carbocycles. The second-order valence-electron chi connectivity index (χ2n) is 4.47. The third kappa shape index (κ3) is 2.98. The van der Waals surface area contributed by atoms with Crippen LogP contribution in [0.3, 0.4) is 0 Å². The molecule has 0 bridgehead atoms. The van der Waals surface area contributed by atoms with Crippen LogP contribution >= 0.6 is 0 Å². The van der Waals surface area contributed by atoms with Crippen LogP contribution in [-0.2, 0) is 10.0 Å². The van der Waals surface area contributed by atoms with Crippen LogP contribution in [-0.4, -0.2) is 19.4 Å². The van der Waals surface area contributed by atoms with Gasteiger partial charge in [-0.05, 0) is 18.9 Å². The lowest BCUT2D eigenvalue weighted by Gasteiger charge is -2.23. The van der Waals surface area contributed by atoms with E-state index in [2.05, 4.69) is 15.1 Å². The number of nitrogen functional groups attached to an aromatic ring is 1. The Hall–Kier alpha value is -1.18. The van der Waals surface area contributed by atoms with E-state index in [1.165, 1.54) is 24.9 Å². The van der Waals surface area contributed by atoms with Crippen molar-refractivity contribution in [2.75, 3.05) is 5.43 Å². The molecule has 1 saturated carbocycles. The molecule has 1 aliphatic carbocycles. The van der Waals surface area contributed by atoms with Gasteiger partial charge in [-0.3, -0.25) is 10.8 Å². The molecule has 0 radical (unpaired) electrons. The molecule has 0 amide bonds. The molecule has 0 saturated heterocycles. The van der Waals surface area contributed by atoms with Crippen molar-refractivity contribution in [3.8, 4) is 0 Å². The maximum atomic E-state index is 12.2. The van der Waals surface area contributed by atoms with Crippen LogP contribution < -0.4 is 16.0 Å². The maximum absolute atomic E-state index is 12.2. The number of hydrogen-bond acceptors (Lipinski definition) is 5. The Bertz CT molecular complexity index is 498. The lowest BCUT2D eigenvalue weighted by Crippen LogP contribution is -2.36. The molecule has 7 heteroatoms. The van der Waals surface area contributed by atoms with Crippen LogP contribution in [0.1, 0.15) is 32.1 Å². The molecule has 18 heavy (non-hydrogen) atoms. The summed E-state index contributed by atoms with van der Waals surface area (Å²) in [4.78, 5) is 3.93. The first kappa shape index (κ1) is 13.3. The molecule has 0 spiro atoms. The molecule has 1 aromatic rings. The smallest absolute Gasteiger partial charge is 0.244 e. The fraction of sp³-hybridized carbons (Fsp3) is 0.545. The predicted octanol–water partition coefficient (Wildman–Crippen LogP) is 0.978. The number of nitrogens with two attached hydrogens (primary N) is 1. The first-order valence-electron chi connectivity index (χ1n) is 6.06. The third-order valence-electron chi connectivity index (χ3n) is 3.16. The van der Waals surface area contributed by atoms with Gasteiger partial charge in [0.15, 0.2) is 0 Å². The summed E-state index contributed by atoms with van der Waals surface area (Å²) in [6, 6.07) is 1.56. The monoisotopic (exact) mass is 270 g/mol. The van der Waals surface area contributed by atoms with E-state index in [0.717, 1.165) is 25.7 Å². The van der Waals surface area contributed by atoms with Gasteiger partial charge in [-0.2, -0.15) is 0 Å². The second kappa shape index (κ2) is 5.64. The molecular formula is C11H18N4O2S. The minimum absolute atomic E-state index is 0.0228. The van der Waals surface area contributed by atoms with E-state index in [-0.39, 0.29) is 10.9 Å². The Kier molecular flexibility index (Phi) is 4.15. The number of nitrogens with zero attached hydrogens (tertiary/aromatic N) is 1. The van der Waals surface area contributed by atoms with Gasteiger partial charge in [0.05, 0.1) is 5.69 Å². The molecule has 100 valence electrons. The summed E-state index contributed by atoms with van der Waals surface area (Å²) in [6.45, 7) is 0. The first-order valence-corrected chi connectivity index (χ1v) is 7.55. The molecule has 0 unspecified atom stereocenters. The van der Waals surface area contributed by atoms with Gasteiger partial charge in [-0.15, -0.1) is 0 Å². The van der Waals surface area contributed by atoms with Crippen LogP contribution in [0.2, 0.25) is 0 Å². The topological polar surface area (TPSA) is 97.1 Å². The average molecular weight is 270 g/mol. The predicted molar refractivity (Wildman–Crippen MR) is 69.2 cm³/mol. The van der Waals surface area contributed by atoms with Crippen LogP contribution in [0.15, 0.2) is 23.4 Å². The number of hydrogen-bond donors (Lipinski definition) is 3. The van der Waals surface area contributed by atoms with Crippen LogP contribution in [0, 0.1) is 0 Å². The van der Waals surface area contributed by atoms with Crippen molar-refractivity contribution in [3.63, 3.8) is 0 Å². The van der Waals surface area contributed by atoms with Crippen molar-refractivity contribution < 1.29 is 8.42 Å². The lowest BCUT2D eigenvalue weighted by atomic mass is 9.96. The van der Waals surface area contributed by atoms with Crippen molar-refractivity contribution in [1.82, 2.24) is 9.71 Å². The molecule has 6 nitrogen and oxygen atoms in total. The summed E-state index contributed by atoms with van der Waals surface area (Å²) < 4.78 is 27.2. The molecular weight excluding hydrogens is 252 g/mol. The Labute approximate surface area is 107 Å². The Morgan fingerprint density at radius 2 is 2.00 bits per heavy atom. The summed E-state index contributed by atoms with van der Waals surface area (Å²) in [7, 11) is -3.56. The number of rotatable bonds is 4. The molecule has 1 aliphatic rings. The lowest BCUT2D eigenvalue weighted by molar-refractivity contribution is 0.412. The number of anilines is 1. The van der Waals surface area contributed by atoms with Crippen LogP contribution in [0.25, 0.3) is 0 Å². The van der Waals surface area contributed by atoms with Crippen molar-refractivity contribution in [2.45, 2.75) is 43.0 Å². The molecule has 2 rings (SSSR count). The van der Waals surface area contributed by atoms with Gasteiger partial charge in [-0.25, -0.2) is 13.1 Å². The van der Waals surface area contributed by atoms with Gasteiger partial charge < -0.3 is 5.43 Å². The molecule has 1 aromatic heterocycles. The van der Waals surface area contributed by atoms with Gasteiger partial charge in [0, 0.05) is 18.4 Å². The highest BCUT2D eigenvalue weighted by Gasteiger charge is 2.24. The van der Waals surface area contributed by atoms with E-state index >= 15 is 0 Å². The third-order valence-corrected chi connectivity index (χ3v) is 4.70. The van der Waals surface area contributed by atoms with Gasteiger partial charge >= 0.3 is 0 Å². The molecule has 0 atom stereocenters. The number of hydrazine groups is 1. The Balaban J connectivity index is 2.19. The normalized spacial score (nSPS) is 17.6. The largest absolute Gasteiger partial charge is 0.323 e. The Morgan fingerprint density at radius 3 is 2.67 bits per heavy atom. The maximum Gasteiger partial charge on any atom is 0.244 e. The van der Waals surface area contributed by atoms with E-state index < -0.39 is 10.0 Å². The molecule has 0 aliphatic heterocycles. The first-order chi connectivity index (χ1) is 8.63. The summed E-state index contributed by atoms with van der Waals surface area (Å²) in [5, 5.41) is 0. The van der Waals surface area contributed by atoms with Gasteiger partial charge in [0.1, 0.15) is 4.90 Å². The van der Waals surface area contributed by atoms with Gasteiger partial charge in [0.25, 0.3) is 0 Å². The van der Waals surface area contributed by atoms with Crippen molar-refractivity contribution in [1.29, 1.82) is 0 Å². The van der Waals surface area contributed by atoms with E-state index in [4.69, 9.17) is 5.84 Å².